The fraction of sp³-hybridized carbons (Fsp3) is 0.333. The molecule has 1 atom stereocenters. The van der Waals surface area contributed by atoms with Crippen molar-refractivity contribution >= 4 is 11.3 Å². The van der Waals surface area contributed by atoms with Crippen LogP contribution in [0.25, 0.3) is 0 Å². The van der Waals surface area contributed by atoms with E-state index < -0.39 is 0 Å². The lowest BCUT2D eigenvalue weighted by atomic mass is 9.94. The number of thiophene rings is 1. The lowest BCUT2D eigenvalue weighted by molar-refractivity contribution is 0.225. The molecule has 0 saturated heterocycles. The summed E-state index contributed by atoms with van der Waals surface area (Å²) in [5, 5.41) is 13.7. The normalized spacial score (nSPS) is 12.6. The molecule has 0 aliphatic rings. The van der Waals surface area contributed by atoms with Crippen LogP contribution in [0.4, 0.5) is 0 Å². The minimum absolute atomic E-state index is 0.254. The Labute approximate surface area is 107 Å². The molecular weight excluding hydrogens is 228 g/mol. The number of hydrogen-bond donors (Lipinski definition) is 1. The highest BCUT2D eigenvalue weighted by Crippen LogP contribution is 2.17. The Balaban J connectivity index is 2.00. The van der Waals surface area contributed by atoms with E-state index >= 15 is 0 Å². The van der Waals surface area contributed by atoms with Gasteiger partial charge in [-0.2, -0.15) is 11.3 Å². The molecular formula is C15H18OS. The molecule has 1 N–H and O–H groups in total. The Bertz CT molecular complexity index is 448. The van der Waals surface area contributed by atoms with Crippen LogP contribution in [-0.2, 0) is 12.8 Å². The summed E-state index contributed by atoms with van der Waals surface area (Å²) in [6.07, 6.45) is 1.92. The quantitative estimate of drug-likeness (QED) is 0.856. The molecule has 90 valence electrons. The van der Waals surface area contributed by atoms with E-state index in [-0.39, 0.29) is 6.61 Å². The summed E-state index contributed by atoms with van der Waals surface area (Å²) in [5.74, 6) is 0.325. The van der Waals surface area contributed by atoms with Crippen molar-refractivity contribution in [1.82, 2.24) is 0 Å². The Morgan fingerprint density at radius 2 is 2.00 bits per heavy atom. The molecule has 1 aromatic carbocycles. The van der Waals surface area contributed by atoms with Crippen molar-refractivity contribution in [2.24, 2.45) is 5.92 Å². The molecule has 2 heteroatoms. The molecule has 0 bridgehead atoms. The van der Waals surface area contributed by atoms with Crippen molar-refractivity contribution in [2.75, 3.05) is 6.61 Å². The lowest BCUT2D eigenvalue weighted by Gasteiger charge is -2.13. The molecule has 1 heterocycles. The van der Waals surface area contributed by atoms with E-state index in [2.05, 4.69) is 48.0 Å². The number of hydrogen-bond acceptors (Lipinski definition) is 2. The standard InChI is InChI=1S/C15H18OS/c1-12-3-2-4-13(7-12)8-15(10-16)9-14-5-6-17-11-14/h2-7,11,15-16H,8-10H2,1H3. The minimum Gasteiger partial charge on any atom is -0.396 e. The predicted octanol–water partition coefficient (Wildman–Crippen LogP) is 3.45. The van der Waals surface area contributed by atoms with Crippen molar-refractivity contribution in [3.8, 4) is 0 Å². The maximum absolute atomic E-state index is 9.46. The molecule has 0 aliphatic carbocycles. The number of aryl methyl sites for hydroxylation is 1. The first kappa shape index (κ1) is 12.3. The van der Waals surface area contributed by atoms with Gasteiger partial charge in [0.25, 0.3) is 0 Å². The second-order valence-corrected chi connectivity index (χ2v) is 5.36. The molecule has 2 rings (SSSR count). The summed E-state index contributed by atoms with van der Waals surface area (Å²) in [6.45, 7) is 2.36. The summed E-state index contributed by atoms with van der Waals surface area (Å²) >= 11 is 1.72. The van der Waals surface area contributed by atoms with E-state index in [1.165, 1.54) is 16.7 Å². The first-order chi connectivity index (χ1) is 8.28. The topological polar surface area (TPSA) is 20.2 Å². The van der Waals surface area contributed by atoms with Gasteiger partial charge in [-0.3, -0.25) is 0 Å². The highest BCUT2D eigenvalue weighted by Gasteiger charge is 2.10. The first-order valence-electron chi connectivity index (χ1n) is 5.95. The summed E-state index contributed by atoms with van der Waals surface area (Å²) in [5.41, 5.74) is 3.94. The van der Waals surface area contributed by atoms with Gasteiger partial charge in [0.2, 0.25) is 0 Å². The Kier molecular flexibility index (Phi) is 4.35. The van der Waals surface area contributed by atoms with Crippen LogP contribution in [0.5, 0.6) is 0 Å². The molecule has 0 saturated carbocycles. The van der Waals surface area contributed by atoms with Gasteiger partial charge >= 0.3 is 0 Å². The maximum atomic E-state index is 9.46. The van der Waals surface area contributed by atoms with Crippen LogP contribution in [0.15, 0.2) is 41.1 Å². The summed E-state index contributed by atoms with van der Waals surface area (Å²) < 4.78 is 0. The molecule has 0 amide bonds. The monoisotopic (exact) mass is 246 g/mol. The van der Waals surface area contributed by atoms with Gasteiger partial charge in [0.05, 0.1) is 0 Å². The van der Waals surface area contributed by atoms with Gasteiger partial charge < -0.3 is 5.11 Å². The Hall–Kier alpha value is -1.12. The zero-order valence-corrected chi connectivity index (χ0v) is 10.9. The third-order valence-electron chi connectivity index (χ3n) is 2.97. The SMILES string of the molecule is Cc1cccc(CC(CO)Cc2ccsc2)c1. The predicted molar refractivity (Wildman–Crippen MR) is 73.5 cm³/mol. The third kappa shape index (κ3) is 3.69. The molecule has 1 nitrogen and oxygen atoms in total. The zero-order valence-electron chi connectivity index (χ0n) is 10.1. The van der Waals surface area contributed by atoms with Crippen molar-refractivity contribution in [1.29, 1.82) is 0 Å². The van der Waals surface area contributed by atoms with E-state index in [0.29, 0.717) is 5.92 Å². The van der Waals surface area contributed by atoms with E-state index in [1.54, 1.807) is 11.3 Å². The molecule has 0 radical (unpaired) electrons. The molecule has 1 aromatic heterocycles. The molecule has 0 spiro atoms. The zero-order chi connectivity index (χ0) is 12.1. The van der Waals surface area contributed by atoms with Crippen LogP contribution in [0.1, 0.15) is 16.7 Å². The van der Waals surface area contributed by atoms with Gasteiger partial charge in [0, 0.05) is 6.61 Å². The van der Waals surface area contributed by atoms with Gasteiger partial charge in [0.1, 0.15) is 0 Å². The van der Waals surface area contributed by atoms with Crippen molar-refractivity contribution in [3.05, 3.63) is 57.8 Å². The average molecular weight is 246 g/mol. The van der Waals surface area contributed by atoms with Gasteiger partial charge in [0.15, 0.2) is 0 Å². The van der Waals surface area contributed by atoms with E-state index in [4.69, 9.17) is 0 Å². The van der Waals surface area contributed by atoms with Crippen molar-refractivity contribution in [2.45, 2.75) is 19.8 Å². The third-order valence-corrected chi connectivity index (χ3v) is 3.70. The fourth-order valence-corrected chi connectivity index (χ4v) is 2.80. The molecule has 1 unspecified atom stereocenters. The van der Waals surface area contributed by atoms with E-state index in [9.17, 15) is 5.11 Å². The lowest BCUT2D eigenvalue weighted by Crippen LogP contribution is -2.12. The minimum atomic E-state index is 0.254. The van der Waals surface area contributed by atoms with Crippen LogP contribution in [-0.4, -0.2) is 11.7 Å². The van der Waals surface area contributed by atoms with Crippen molar-refractivity contribution < 1.29 is 5.11 Å². The highest BCUT2D eigenvalue weighted by atomic mass is 32.1. The number of benzene rings is 1. The molecule has 17 heavy (non-hydrogen) atoms. The van der Waals surface area contributed by atoms with E-state index in [1.807, 2.05) is 0 Å². The fourth-order valence-electron chi connectivity index (χ4n) is 2.12. The van der Waals surface area contributed by atoms with Crippen LogP contribution >= 0.6 is 11.3 Å². The van der Waals surface area contributed by atoms with Gasteiger partial charge in [-0.05, 0) is 53.6 Å². The van der Waals surface area contributed by atoms with Gasteiger partial charge in [-0.15, -0.1) is 0 Å². The molecule has 0 aliphatic heterocycles. The summed E-state index contributed by atoms with van der Waals surface area (Å²) in [7, 11) is 0. The Morgan fingerprint density at radius 1 is 1.18 bits per heavy atom. The summed E-state index contributed by atoms with van der Waals surface area (Å²) in [4.78, 5) is 0. The number of rotatable bonds is 5. The van der Waals surface area contributed by atoms with Crippen LogP contribution < -0.4 is 0 Å². The molecule has 2 aromatic rings. The van der Waals surface area contributed by atoms with Gasteiger partial charge in [-0.1, -0.05) is 29.8 Å². The van der Waals surface area contributed by atoms with Gasteiger partial charge in [-0.25, -0.2) is 0 Å². The van der Waals surface area contributed by atoms with E-state index in [0.717, 1.165) is 12.8 Å². The largest absolute Gasteiger partial charge is 0.396 e. The van der Waals surface area contributed by atoms with Crippen LogP contribution in [0.3, 0.4) is 0 Å². The Morgan fingerprint density at radius 3 is 2.65 bits per heavy atom. The second kappa shape index (κ2) is 5.99. The summed E-state index contributed by atoms with van der Waals surface area (Å²) in [6, 6.07) is 10.7. The highest BCUT2D eigenvalue weighted by molar-refractivity contribution is 7.07. The second-order valence-electron chi connectivity index (χ2n) is 4.58. The maximum Gasteiger partial charge on any atom is 0.0465 e. The molecule has 0 fully saturated rings. The first-order valence-corrected chi connectivity index (χ1v) is 6.89. The number of aliphatic hydroxyl groups excluding tert-OH is 1. The smallest absolute Gasteiger partial charge is 0.0465 e. The van der Waals surface area contributed by atoms with Crippen LogP contribution in [0.2, 0.25) is 0 Å². The van der Waals surface area contributed by atoms with Crippen LogP contribution in [0, 0.1) is 12.8 Å². The average Bonchev–Trinajstić information content (AvgIpc) is 2.81. The number of aliphatic hydroxyl groups is 1. The van der Waals surface area contributed by atoms with Crippen molar-refractivity contribution in [3.63, 3.8) is 0 Å².